The molecule has 0 radical (unpaired) electrons. The molecule has 1 aromatic rings. The van der Waals surface area contributed by atoms with E-state index >= 15 is 0 Å². The van der Waals surface area contributed by atoms with Crippen molar-refractivity contribution in [3.63, 3.8) is 0 Å². The number of likely N-dealkylation sites (N-methyl/N-ethyl adjacent to an activating group) is 1. The van der Waals surface area contributed by atoms with E-state index < -0.39 is 0 Å². The number of hydrogen-bond donors (Lipinski definition) is 1. The second kappa shape index (κ2) is 4.43. The topological polar surface area (TPSA) is 21.3 Å². The van der Waals surface area contributed by atoms with E-state index in [2.05, 4.69) is 17.6 Å². The van der Waals surface area contributed by atoms with Gasteiger partial charge in [-0.25, -0.2) is 0 Å². The monoisotopic (exact) mass is 211 g/mol. The van der Waals surface area contributed by atoms with Gasteiger partial charge < -0.3 is 10.1 Å². The Morgan fingerprint density at radius 3 is 3.21 bits per heavy atom. The molecule has 3 heteroatoms. The summed E-state index contributed by atoms with van der Waals surface area (Å²) in [6.45, 7) is 4.02. The number of ether oxygens (including phenoxy) is 1. The minimum absolute atomic E-state index is 0.282. The normalized spacial score (nSPS) is 20.9. The second-order valence-corrected chi connectivity index (χ2v) is 4.58. The molecule has 0 bridgehead atoms. The van der Waals surface area contributed by atoms with Gasteiger partial charge in [-0.1, -0.05) is 6.92 Å². The Bertz CT molecular complexity index is 295. The van der Waals surface area contributed by atoms with E-state index in [4.69, 9.17) is 4.74 Å². The molecule has 1 aromatic heterocycles. The molecule has 1 aliphatic heterocycles. The predicted octanol–water partition coefficient (Wildman–Crippen LogP) is 2.14. The van der Waals surface area contributed by atoms with E-state index in [9.17, 15) is 0 Å². The van der Waals surface area contributed by atoms with Crippen LogP contribution in [0.3, 0.4) is 0 Å². The molecule has 0 saturated heterocycles. The Labute approximate surface area is 89.3 Å². The molecular weight excluding hydrogens is 194 g/mol. The lowest BCUT2D eigenvalue weighted by atomic mass is 10.00. The third-order valence-corrected chi connectivity index (χ3v) is 3.84. The Morgan fingerprint density at radius 1 is 1.64 bits per heavy atom. The first-order valence-electron chi connectivity index (χ1n) is 5.22. The van der Waals surface area contributed by atoms with Gasteiger partial charge in [0.15, 0.2) is 0 Å². The fourth-order valence-corrected chi connectivity index (χ4v) is 3.19. The molecule has 1 aliphatic rings. The van der Waals surface area contributed by atoms with E-state index in [1.807, 2.05) is 18.4 Å². The molecule has 2 nitrogen and oxygen atoms in total. The van der Waals surface area contributed by atoms with Crippen LogP contribution in [0.2, 0.25) is 0 Å². The maximum atomic E-state index is 5.79. The van der Waals surface area contributed by atoms with Crippen molar-refractivity contribution >= 4 is 11.3 Å². The number of nitrogens with one attached hydrogen (secondary N) is 1. The Hall–Kier alpha value is -0.380. The van der Waals surface area contributed by atoms with Crippen LogP contribution in [0.5, 0.6) is 0 Å². The number of aryl methyl sites for hydroxylation is 1. The minimum Gasteiger partial charge on any atom is -0.372 e. The molecule has 0 aliphatic carbocycles. The maximum Gasteiger partial charge on any atom is 0.0962 e. The Morgan fingerprint density at radius 2 is 2.50 bits per heavy atom. The van der Waals surface area contributed by atoms with E-state index in [0.29, 0.717) is 0 Å². The molecule has 1 atom stereocenters. The van der Waals surface area contributed by atoms with Gasteiger partial charge in [0.1, 0.15) is 0 Å². The van der Waals surface area contributed by atoms with Gasteiger partial charge >= 0.3 is 0 Å². The highest BCUT2D eigenvalue weighted by Gasteiger charge is 2.24. The zero-order chi connectivity index (χ0) is 9.97. The molecular formula is C11H17NOS. The third kappa shape index (κ3) is 1.72. The average Bonchev–Trinajstić information content (AvgIpc) is 2.62. The van der Waals surface area contributed by atoms with Crippen molar-refractivity contribution in [2.24, 2.45) is 0 Å². The van der Waals surface area contributed by atoms with Gasteiger partial charge in [0, 0.05) is 17.8 Å². The van der Waals surface area contributed by atoms with Crippen LogP contribution in [-0.2, 0) is 17.6 Å². The highest BCUT2D eigenvalue weighted by Crippen LogP contribution is 2.34. The van der Waals surface area contributed by atoms with Crippen molar-refractivity contribution in [1.82, 2.24) is 5.32 Å². The van der Waals surface area contributed by atoms with Crippen molar-refractivity contribution in [1.29, 1.82) is 0 Å². The van der Waals surface area contributed by atoms with Crippen LogP contribution in [0.4, 0.5) is 0 Å². The summed E-state index contributed by atoms with van der Waals surface area (Å²) < 4.78 is 5.79. The van der Waals surface area contributed by atoms with Gasteiger partial charge in [-0.15, -0.1) is 11.3 Å². The molecule has 0 unspecified atom stereocenters. The van der Waals surface area contributed by atoms with Crippen molar-refractivity contribution < 1.29 is 4.74 Å². The highest BCUT2D eigenvalue weighted by molar-refractivity contribution is 7.10. The summed E-state index contributed by atoms with van der Waals surface area (Å²) in [5.41, 5.74) is 2.95. The molecule has 78 valence electrons. The molecule has 14 heavy (non-hydrogen) atoms. The lowest BCUT2D eigenvalue weighted by molar-refractivity contribution is 0.0445. The SMILES string of the molecule is CCc1csc2c1[C@H](CNC)OCC2. The van der Waals surface area contributed by atoms with Gasteiger partial charge in [0.25, 0.3) is 0 Å². The lowest BCUT2D eigenvalue weighted by Gasteiger charge is -2.24. The van der Waals surface area contributed by atoms with Crippen LogP contribution in [0.15, 0.2) is 5.38 Å². The lowest BCUT2D eigenvalue weighted by Crippen LogP contribution is -2.25. The number of thiophene rings is 1. The van der Waals surface area contributed by atoms with E-state index in [0.717, 1.165) is 26.0 Å². The fraction of sp³-hybridized carbons (Fsp3) is 0.636. The summed E-state index contributed by atoms with van der Waals surface area (Å²) in [6, 6.07) is 0. The number of hydrogen-bond acceptors (Lipinski definition) is 3. The summed E-state index contributed by atoms with van der Waals surface area (Å²) in [5, 5.41) is 5.49. The highest BCUT2D eigenvalue weighted by atomic mass is 32.1. The molecule has 0 fully saturated rings. The maximum absolute atomic E-state index is 5.79. The summed E-state index contributed by atoms with van der Waals surface area (Å²) in [4.78, 5) is 1.54. The summed E-state index contributed by atoms with van der Waals surface area (Å²) >= 11 is 1.90. The fourth-order valence-electron chi connectivity index (χ4n) is 2.03. The van der Waals surface area contributed by atoms with Crippen LogP contribution in [0.25, 0.3) is 0 Å². The quantitative estimate of drug-likeness (QED) is 0.827. The van der Waals surface area contributed by atoms with Crippen LogP contribution in [-0.4, -0.2) is 20.2 Å². The van der Waals surface area contributed by atoms with Crippen molar-refractivity contribution in [2.45, 2.75) is 25.9 Å². The van der Waals surface area contributed by atoms with Gasteiger partial charge in [0.2, 0.25) is 0 Å². The first-order valence-corrected chi connectivity index (χ1v) is 6.10. The zero-order valence-electron chi connectivity index (χ0n) is 8.80. The second-order valence-electron chi connectivity index (χ2n) is 3.62. The molecule has 0 spiro atoms. The smallest absolute Gasteiger partial charge is 0.0962 e. The first-order chi connectivity index (χ1) is 6.86. The molecule has 0 amide bonds. The largest absolute Gasteiger partial charge is 0.372 e. The molecule has 0 saturated carbocycles. The summed E-state index contributed by atoms with van der Waals surface area (Å²) in [7, 11) is 1.98. The molecule has 2 rings (SSSR count). The first kappa shape index (κ1) is 10.1. The van der Waals surface area contributed by atoms with Crippen LogP contribution in [0, 0.1) is 0 Å². The minimum atomic E-state index is 0.282. The van der Waals surface area contributed by atoms with Crippen LogP contribution in [0.1, 0.15) is 29.0 Å². The number of fused-ring (bicyclic) bond motifs is 1. The predicted molar refractivity (Wildman–Crippen MR) is 60.0 cm³/mol. The molecule has 0 aromatic carbocycles. The number of rotatable bonds is 3. The van der Waals surface area contributed by atoms with Crippen molar-refractivity contribution in [2.75, 3.05) is 20.2 Å². The average molecular weight is 211 g/mol. The summed E-state index contributed by atoms with van der Waals surface area (Å²) in [6.07, 6.45) is 2.50. The van der Waals surface area contributed by atoms with Crippen LogP contribution < -0.4 is 5.32 Å². The van der Waals surface area contributed by atoms with Gasteiger partial charge in [-0.05, 0) is 30.0 Å². The Balaban J connectivity index is 2.30. The zero-order valence-corrected chi connectivity index (χ0v) is 9.62. The van der Waals surface area contributed by atoms with Crippen molar-refractivity contribution in [3.8, 4) is 0 Å². The van der Waals surface area contributed by atoms with E-state index in [-0.39, 0.29) is 6.10 Å². The van der Waals surface area contributed by atoms with E-state index in [1.54, 1.807) is 0 Å². The molecule has 1 N–H and O–H groups in total. The van der Waals surface area contributed by atoms with Gasteiger partial charge in [-0.3, -0.25) is 0 Å². The van der Waals surface area contributed by atoms with Crippen molar-refractivity contribution in [3.05, 3.63) is 21.4 Å². The van der Waals surface area contributed by atoms with Crippen LogP contribution >= 0.6 is 11.3 Å². The van der Waals surface area contributed by atoms with Gasteiger partial charge in [-0.2, -0.15) is 0 Å². The third-order valence-electron chi connectivity index (χ3n) is 2.73. The Kier molecular flexibility index (Phi) is 3.21. The summed E-state index contributed by atoms with van der Waals surface area (Å²) in [5.74, 6) is 0. The standard InChI is InChI=1S/C11H17NOS/c1-3-8-7-14-10-4-5-13-9(6-12-2)11(8)10/h7,9,12H,3-6H2,1-2H3/t9-/m0/s1. The molecule has 2 heterocycles. The van der Waals surface area contributed by atoms with E-state index in [1.165, 1.54) is 16.0 Å². The van der Waals surface area contributed by atoms with Gasteiger partial charge in [0.05, 0.1) is 12.7 Å².